The van der Waals surface area contributed by atoms with E-state index in [2.05, 4.69) is 16.5 Å². The third-order valence-electron chi connectivity index (χ3n) is 2.94. The maximum Gasteiger partial charge on any atom is 0.333 e. The summed E-state index contributed by atoms with van der Waals surface area (Å²) in [5.74, 6) is 0.491. The van der Waals surface area contributed by atoms with Gasteiger partial charge in [0.1, 0.15) is 11.9 Å². The van der Waals surface area contributed by atoms with E-state index in [1.54, 1.807) is 6.92 Å². The molecule has 0 amide bonds. The summed E-state index contributed by atoms with van der Waals surface area (Å²) in [6.45, 7) is 7.22. The smallest absolute Gasteiger partial charge is 0.333 e. The summed E-state index contributed by atoms with van der Waals surface area (Å²) in [6.07, 6.45) is 1.16. The molecule has 1 aromatic heterocycles. The number of nitrogens with one attached hydrogen (secondary N) is 1. The molecule has 0 spiro atoms. The van der Waals surface area contributed by atoms with E-state index >= 15 is 0 Å². The molecule has 4 nitrogen and oxygen atoms in total. The maximum atomic E-state index is 11.5. The topological polar surface area (TPSA) is 55.0 Å². The quantitative estimate of drug-likeness (QED) is 0.662. The lowest BCUT2D eigenvalue weighted by Gasteiger charge is -2.14. The number of aromatic amines is 1. The Bertz CT molecular complexity index is 568. The summed E-state index contributed by atoms with van der Waals surface area (Å²) < 4.78 is 5.36. The van der Waals surface area contributed by atoms with E-state index in [9.17, 15) is 4.79 Å². The van der Waals surface area contributed by atoms with Crippen molar-refractivity contribution in [1.29, 1.82) is 0 Å². The first-order valence-electron chi connectivity index (χ1n) is 6.40. The molecular formula is C15H18N2O2. The van der Waals surface area contributed by atoms with Crippen LogP contribution in [0.25, 0.3) is 11.0 Å². The molecule has 2 rings (SSSR count). The Morgan fingerprint density at radius 1 is 1.47 bits per heavy atom. The highest BCUT2D eigenvalue weighted by Crippen LogP contribution is 2.14. The van der Waals surface area contributed by atoms with Crippen LogP contribution in [0.15, 0.2) is 36.4 Å². The van der Waals surface area contributed by atoms with Gasteiger partial charge in [-0.15, -0.1) is 0 Å². The molecule has 0 aliphatic carbocycles. The van der Waals surface area contributed by atoms with Crippen LogP contribution in [-0.2, 0) is 16.0 Å². The summed E-state index contributed by atoms with van der Waals surface area (Å²) in [5, 5.41) is 0. The first-order valence-corrected chi connectivity index (χ1v) is 6.40. The monoisotopic (exact) mass is 258 g/mol. The van der Waals surface area contributed by atoms with Gasteiger partial charge in [-0.05, 0) is 25.5 Å². The summed E-state index contributed by atoms with van der Waals surface area (Å²) in [7, 11) is 0. The fraction of sp³-hybridized carbons (Fsp3) is 0.333. The molecule has 0 bridgehead atoms. The number of nitrogens with zero attached hydrogens (tertiary/aromatic N) is 1. The van der Waals surface area contributed by atoms with Crippen molar-refractivity contribution in [3.63, 3.8) is 0 Å². The lowest BCUT2D eigenvalue weighted by Crippen LogP contribution is -2.20. The third kappa shape index (κ3) is 3.22. The van der Waals surface area contributed by atoms with Crippen LogP contribution in [0.5, 0.6) is 0 Å². The van der Waals surface area contributed by atoms with Crippen molar-refractivity contribution >= 4 is 17.0 Å². The van der Waals surface area contributed by atoms with Gasteiger partial charge in [0.25, 0.3) is 0 Å². The van der Waals surface area contributed by atoms with Gasteiger partial charge in [-0.1, -0.05) is 25.6 Å². The highest BCUT2D eigenvalue weighted by molar-refractivity contribution is 5.87. The Morgan fingerprint density at radius 2 is 2.21 bits per heavy atom. The summed E-state index contributed by atoms with van der Waals surface area (Å²) in [4.78, 5) is 19.2. The Balaban J connectivity index is 2.09. The minimum absolute atomic E-state index is 0.176. The van der Waals surface area contributed by atoms with Crippen LogP contribution in [0.4, 0.5) is 0 Å². The van der Waals surface area contributed by atoms with Crippen molar-refractivity contribution in [2.24, 2.45) is 0 Å². The van der Waals surface area contributed by atoms with Crippen molar-refractivity contribution in [1.82, 2.24) is 9.97 Å². The van der Waals surface area contributed by atoms with E-state index in [0.717, 1.165) is 23.3 Å². The molecule has 1 unspecified atom stereocenters. The highest BCUT2D eigenvalue weighted by atomic mass is 16.5. The van der Waals surface area contributed by atoms with Gasteiger partial charge in [-0.3, -0.25) is 0 Å². The molecule has 1 atom stereocenters. The number of rotatable bonds is 5. The largest absolute Gasteiger partial charge is 0.459 e. The van der Waals surface area contributed by atoms with Gasteiger partial charge in [0, 0.05) is 12.0 Å². The Kier molecular flexibility index (Phi) is 4.00. The first kappa shape index (κ1) is 13.3. The fourth-order valence-electron chi connectivity index (χ4n) is 1.84. The molecule has 0 aliphatic heterocycles. The second-order valence-corrected chi connectivity index (χ2v) is 4.62. The van der Waals surface area contributed by atoms with E-state index in [4.69, 9.17) is 4.74 Å². The van der Waals surface area contributed by atoms with Crippen molar-refractivity contribution in [3.8, 4) is 0 Å². The second-order valence-electron chi connectivity index (χ2n) is 4.62. The van der Waals surface area contributed by atoms with E-state index in [1.807, 2.05) is 31.2 Å². The highest BCUT2D eigenvalue weighted by Gasteiger charge is 2.15. The number of H-pyrrole nitrogens is 1. The maximum absolute atomic E-state index is 11.5. The van der Waals surface area contributed by atoms with Crippen molar-refractivity contribution in [3.05, 3.63) is 42.2 Å². The third-order valence-corrected chi connectivity index (χ3v) is 2.94. The van der Waals surface area contributed by atoms with Gasteiger partial charge in [0.2, 0.25) is 0 Å². The average Bonchev–Trinajstić information content (AvgIpc) is 2.79. The zero-order chi connectivity index (χ0) is 13.8. The van der Waals surface area contributed by atoms with Crippen molar-refractivity contribution < 1.29 is 9.53 Å². The number of ether oxygens (including phenoxy) is 1. The number of benzene rings is 1. The lowest BCUT2D eigenvalue weighted by atomic mass is 10.2. The number of aromatic nitrogens is 2. The molecule has 0 fully saturated rings. The number of hydrogen-bond acceptors (Lipinski definition) is 3. The van der Waals surface area contributed by atoms with Gasteiger partial charge < -0.3 is 9.72 Å². The Hall–Kier alpha value is -2.10. The SMILES string of the molecule is C=C(C)C(=O)OC(CC)Cc1nc2ccccc2[nH]1. The van der Waals surface area contributed by atoms with Gasteiger partial charge in [-0.2, -0.15) is 0 Å². The van der Waals surface area contributed by atoms with Gasteiger partial charge in [0.05, 0.1) is 11.0 Å². The van der Waals surface area contributed by atoms with E-state index in [0.29, 0.717) is 12.0 Å². The Labute approximate surface area is 112 Å². The molecule has 0 saturated heterocycles. The average molecular weight is 258 g/mol. The first-order chi connectivity index (χ1) is 9.10. The summed E-state index contributed by atoms with van der Waals surface area (Å²) in [5.41, 5.74) is 2.35. The minimum Gasteiger partial charge on any atom is -0.459 e. The van der Waals surface area contributed by atoms with Crippen molar-refractivity contribution in [2.75, 3.05) is 0 Å². The van der Waals surface area contributed by atoms with Gasteiger partial charge >= 0.3 is 5.97 Å². The van der Waals surface area contributed by atoms with E-state index in [1.165, 1.54) is 0 Å². The fourth-order valence-corrected chi connectivity index (χ4v) is 1.84. The predicted octanol–water partition coefficient (Wildman–Crippen LogP) is 3.00. The zero-order valence-corrected chi connectivity index (χ0v) is 11.3. The Morgan fingerprint density at radius 3 is 2.84 bits per heavy atom. The van der Waals surface area contributed by atoms with Crippen LogP contribution >= 0.6 is 0 Å². The molecule has 0 radical (unpaired) electrons. The van der Waals surface area contributed by atoms with Gasteiger partial charge in [0.15, 0.2) is 0 Å². The predicted molar refractivity (Wildman–Crippen MR) is 74.8 cm³/mol. The van der Waals surface area contributed by atoms with E-state index < -0.39 is 0 Å². The molecule has 4 heteroatoms. The van der Waals surface area contributed by atoms with Crippen LogP contribution < -0.4 is 0 Å². The molecule has 0 aliphatic rings. The van der Waals surface area contributed by atoms with Crippen LogP contribution in [0.3, 0.4) is 0 Å². The standard InChI is InChI=1S/C15H18N2O2/c1-4-11(19-15(18)10(2)3)9-14-16-12-7-5-6-8-13(12)17-14/h5-8,11H,2,4,9H2,1,3H3,(H,16,17). The minimum atomic E-state index is -0.344. The zero-order valence-electron chi connectivity index (χ0n) is 11.3. The molecule has 1 N–H and O–H groups in total. The number of carbonyl (C=O) groups is 1. The van der Waals surface area contributed by atoms with Crippen LogP contribution in [0.1, 0.15) is 26.1 Å². The molecular weight excluding hydrogens is 240 g/mol. The second kappa shape index (κ2) is 5.69. The molecule has 19 heavy (non-hydrogen) atoms. The van der Waals surface area contributed by atoms with Crippen molar-refractivity contribution in [2.45, 2.75) is 32.8 Å². The summed E-state index contributed by atoms with van der Waals surface area (Å²) >= 11 is 0. The number of hydrogen-bond donors (Lipinski definition) is 1. The number of esters is 1. The molecule has 100 valence electrons. The molecule has 0 saturated carbocycles. The molecule has 1 heterocycles. The van der Waals surface area contributed by atoms with E-state index in [-0.39, 0.29) is 12.1 Å². The number of carbonyl (C=O) groups excluding carboxylic acids is 1. The number of fused-ring (bicyclic) bond motifs is 1. The lowest BCUT2D eigenvalue weighted by molar-refractivity contribution is -0.144. The van der Waals surface area contributed by atoms with Crippen LogP contribution in [0.2, 0.25) is 0 Å². The molecule has 2 aromatic rings. The number of para-hydroxylation sites is 2. The van der Waals surface area contributed by atoms with Crippen LogP contribution in [0, 0.1) is 0 Å². The normalized spacial score (nSPS) is 12.3. The van der Waals surface area contributed by atoms with Gasteiger partial charge in [-0.25, -0.2) is 9.78 Å². The molecule has 1 aromatic carbocycles. The number of imidazole rings is 1. The summed E-state index contributed by atoms with van der Waals surface area (Å²) in [6, 6.07) is 7.84. The van der Waals surface area contributed by atoms with Crippen LogP contribution in [-0.4, -0.2) is 22.0 Å².